The molecule has 1 N–H and O–H groups in total. The third-order valence-electron chi connectivity index (χ3n) is 4.21. The first-order valence-electron chi connectivity index (χ1n) is 8.60. The van der Waals surface area contributed by atoms with E-state index in [2.05, 4.69) is 20.8 Å². The van der Waals surface area contributed by atoms with Crippen molar-refractivity contribution < 1.29 is 14.3 Å². The summed E-state index contributed by atoms with van der Waals surface area (Å²) in [5.41, 5.74) is 1.68. The van der Waals surface area contributed by atoms with E-state index in [0.29, 0.717) is 16.8 Å². The van der Waals surface area contributed by atoms with Crippen molar-refractivity contribution in [1.82, 2.24) is 25.5 Å². The van der Waals surface area contributed by atoms with E-state index in [1.807, 2.05) is 18.2 Å². The second kappa shape index (κ2) is 7.36. The van der Waals surface area contributed by atoms with E-state index in [-0.39, 0.29) is 11.9 Å². The molecule has 1 aromatic heterocycles. The molecule has 3 aromatic rings. The summed E-state index contributed by atoms with van der Waals surface area (Å²) in [5, 5.41) is 13.8. The van der Waals surface area contributed by atoms with Crippen LogP contribution in [0.4, 0.5) is 0 Å². The quantitative estimate of drug-likeness (QED) is 0.671. The maximum atomic E-state index is 12.6. The molecule has 2 aromatic carbocycles. The van der Waals surface area contributed by atoms with Gasteiger partial charge in [-0.1, -0.05) is 30.3 Å². The summed E-state index contributed by atoms with van der Waals surface area (Å²) in [6.45, 7) is 0. The molecule has 0 bridgehead atoms. The molecule has 8 heteroatoms. The summed E-state index contributed by atoms with van der Waals surface area (Å²) in [6, 6.07) is 15.8. The van der Waals surface area contributed by atoms with Crippen molar-refractivity contribution in [3.8, 4) is 5.69 Å². The number of benzene rings is 2. The Labute approximate surface area is 155 Å². The number of ether oxygens (including phenoxy) is 1. The van der Waals surface area contributed by atoms with Gasteiger partial charge in [0.05, 0.1) is 11.3 Å². The zero-order chi connectivity index (χ0) is 18.6. The highest BCUT2D eigenvalue weighted by Crippen LogP contribution is 2.24. The number of hydrogen-bond acceptors (Lipinski definition) is 6. The van der Waals surface area contributed by atoms with Gasteiger partial charge in [0.1, 0.15) is 6.33 Å². The normalized spacial score (nSPS) is 14.4. The van der Waals surface area contributed by atoms with Crippen LogP contribution in [0, 0.1) is 0 Å². The maximum Gasteiger partial charge on any atom is 0.339 e. The van der Waals surface area contributed by atoms with Crippen molar-refractivity contribution in [2.24, 2.45) is 0 Å². The van der Waals surface area contributed by atoms with E-state index in [1.165, 1.54) is 11.0 Å². The van der Waals surface area contributed by atoms with E-state index in [1.54, 1.807) is 36.4 Å². The van der Waals surface area contributed by atoms with Gasteiger partial charge < -0.3 is 10.1 Å². The Hall–Kier alpha value is -3.55. The Balaban J connectivity index is 1.51. The van der Waals surface area contributed by atoms with Gasteiger partial charge in [-0.3, -0.25) is 4.79 Å². The van der Waals surface area contributed by atoms with Crippen molar-refractivity contribution >= 4 is 11.9 Å². The molecule has 1 atom stereocenters. The van der Waals surface area contributed by atoms with E-state index >= 15 is 0 Å². The fourth-order valence-corrected chi connectivity index (χ4v) is 2.61. The molecule has 27 heavy (non-hydrogen) atoms. The van der Waals surface area contributed by atoms with Gasteiger partial charge in [0, 0.05) is 11.6 Å². The van der Waals surface area contributed by atoms with Crippen molar-refractivity contribution in [2.45, 2.75) is 25.0 Å². The SMILES string of the molecule is O=C(O[C@@H](C(=O)NC1CC1)c1ccccc1)c1ccc(-n2cnnn2)cc1. The lowest BCUT2D eigenvalue weighted by Crippen LogP contribution is -2.33. The minimum absolute atomic E-state index is 0.179. The largest absolute Gasteiger partial charge is 0.444 e. The molecule has 0 radical (unpaired) electrons. The average Bonchev–Trinajstić information content (AvgIpc) is 3.35. The Morgan fingerprint density at radius 1 is 1.07 bits per heavy atom. The Kier molecular flexibility index (Phi) is 4.61. The number of carbonyl (C=O) groups excluding carboxylic acids is 2. The molecule has 0 spiro atoms. The molecule has 0 saturated heterocycles. The number of aromatic nitrogens is 4. The third-order valence-corrected chi connectivity index (χ3v) is 4.21. The second-order valence-electron chi connectivity index (χ2n) is 6.28. The fourth-order valence-electron chi connectivity index (χ4n) is 2.61. The van der Waals surface area contributed by atoms with Gasteiger partial charge in [0.2, 0.25) is 6.10 Å². The van der Waals surface area contributed by atoms with Crippen LogP contribution in [-0.4, -0.2) is 38.1 Å². The average molecular weight is 363 g/mol. The van der Waals surface area contributed by atoms with Gasteiger partial charge in [0.25, 0.3) is 5.91 Å². The first kappa shape index (κ1) is 16.9. The van der Waals surface area contributed by atoms with Crippen molar-refractivity contribution in [2.75, 3.05) is 0 Å². The van der Waals surface area contributed by atoms with Gasteiger partial charge in [-0.25, -0.2) is 9.48 Å². The molecule has 1 fully saturated rings. The standard InChI is InChI=1S/C19H17N5O3/c25-18(21-15-8-9-15)17(13-4-2-1-3-5-13)27-19(26)14-6-10-16(11-7-14)24-12-20-22-23-24/h1-7,10-12,15,17H,8-9H2,(H,21,25)/t17-/m1/s1. The first-order chi connectivity index (χ1) is 13.2. The Morgan fingerprint density at radius 2 is 1.81 bits per heavy atom. The van der Waals surface area contributed by atoms with Crippen LogP contribution in [0.15, 0.2) is 60.9 Å². The molecule has 136 valence electrons. The number of nitrogens with zero attached hydrogens (tertiary/aromatic N) is 4. The number of rotatable bonds is 6. The number of esters is 1. The molecule has 1 aliphatic rings. The molecule has 1 heterocycles. The predicted molar refractivity (Wildman–Crippen MR) is 94.9 cm³/mol. The molecule has 1 aliphatic carbocycles. The highest BCUT2D eigenvalue weighted by Gasteiger charge is 2.31. The monoisotopic (exact) mass is 363 g/mol. The number of nitrogens with one attached hydrogen (secondary N) is 1. The van der Waals surface area contributed by atoms with E-state index in [4.69, 9.17) is 4.74 Å². The van der Waals surface area contributed by atoms with Gasteiger partial charge >= 0.3 is 5.97 Å². The van der Waals surface area contributed by atoms with Crippen LogP contribution in [-0.2, 0) is 9.53 Å². The van der Waals surface area contributed by atoms with Gasteiger partial charge in [-0.05, 0) is 47.5 Å². The molecule has 1 saturated carbocycles. The fraction of sp³-hybridized carbons (Fsp3) is 0.211. The summed E-state index contributed by atoms with van der Waals surface area (Å²) < 4.78 is 7.02. The predicted octanol–water partition coefficient (Wildman–Crippen LogP) is 1.84. The first-order valence-corrected chi connectivity index (χ1v) is 8.60. The van der Waals surface area contributed by atoms with Crippen LogP contribution in [0.25, 0.3) is 5.69 Å². The molecule has 0 unspecified atom stereocenters. The topological polar surface area (TPSA) is 99.0 Å². The van der Waals surface area contributed by atoms with E-state index < -0.39 is 12.1 Å². The van der Waals surface area contributed by atoms with Crippen LogP contribution in [0.5, 0.6) is 0 Å². The smallest absolute Gasteiger partial charge is 0.339 e. The van der Waals surface area contributed by atoms with E-state index in [9.17, 15) is 9.59 Å². The lowest BCUT2D eigenvalue weighted by atomic mass is 10.1. The third kappa shape index (κ3) is 4.00. The number of amides is 1. The summed E-state index contributed by atoms with van der Waals surface area (Å²) >= 11 is 0. The Bertz CT molecular complexity index is 922. The lowest BCUT2D eigenvalue weighted by molar-refractivity contribution is -0.130. The lowest BCUT2D eigenvalue weighted by Gasteiger charge is -2.18. The highest BCUT2D eigenvalue weighted by molar-refractivity contribution is 5.93. The molecule has 4 rings (SSSR count). The summed E-state index contributed by atoms with van der Waals surface area (Å²) in [4.78, 5) is 25.1. The Morgan fingerprint density at radius 3 is 2.44 bits per heavy atom. The second-order valence-corrected chi connectivity index (χ2v) is 6.28. The molecular weight excluding hydrogens is 346 g/mol. The summed E-state index contributed by atoms with van der Waals surface area (Å²) in [6.07, 6.45) is 2.39. The summed E-state index contributed by atoms with van der Waals surface area (Å²) in [7, 11) is 0. The van der Waals surface area contributed by atoms with E-state index in [0.717, 1.165) is 12.8 Å². The van der Waals surface area contributed by atoms with Crippen molar-refractivity contribution in [1.29, 1.82) is 0 Å². The zero-order valence-electron chi connectivity index (χ0n) is 14.4. The minimum Gasteiger partial charge on any atom is -0.444 e. The van der Waals surface area contributed by atoms with Gasteiger partial charge in [0.15, 0.2) is 0 Å². The summed E-state index contributed by atoms with van der Waals surface area (Å²) in [5.74, 6) is -0.875. The van der Waals surface area contributed by atoms with Crippen LogP contribution < -0.4 is 5.32 Å². The van der Waals surface area contributed by atoms with Crippen molar-refractivity contribution in [3.05, 3.63) is 72.1 Å². The zero-order valence-corrected chi connectivity index (χ0v) is 14.4. The molecule has 8 nitrogen and oxygen atoms in total. The molecule has 0 aliphatic heterocycles. The molecular formula is C19H17N5O3. The highest BCUT2D eigenvalue weighted by atomic mass is 16.5. The van der Waals surface area contributed by atoms with Crippen LogP contribution in [0.1, 0.15) is 34.9 Å². The van der Waals surface area contributed by atoms with Crippen molar-refractivity contribution in [3.63, 3.8) is 0 Å². The van der Waals surface area contributed by atoms with Crippen LogP contribution in [0.3, 0.4) is 0 Å². The number of carbonyl (C=O) groups is 2. The van der Waals surface area contributed by atoms with Gasteiger partial charge in [-0.2, -0.15) is 0 Å². The van der Waals surface area contributed by atoms with Crippen LogP contribution in [0.2, 0.25) is 0 Å². The minimum atomic E-state index is -0.988. The van der Waals surface area contributed by atoms with Gasteiger partial charge in [-0.15, -0.1) is 5.10 Å². The molecule has 1 amide bonds. The van der Waals surface area contributed by atoms with Crippen LogP contribution >= 0.6 is 0 Å². The maximum absolute atomic E-state index is 12.6. The number of hydrogen-bond donors (Lipinski definition) is 1. The number of tetrazole rings is 1.